The molecule has 0 spiro atoms. The zero-order valence-electron chi connectivity index (χ0n) is 12.7. The zero-order valence-corrected chi connectivity index (χ0v) is 12.7. The SMILES string of the molecule is CCC(CC)(CNCc1ccc2ccccc2c1)C(=O)O. The van der Waals surface area contributed by atoms with Crippen LogP contribution in [-0.2, 0) is 11.3 Å². The fourth-order valence-electron chi connectivity index (χ4n) is 2.67. The van der Waals surface area contributed by atoms with E-state index in [9.17, 15) is 9.90 Å². The highest BCUT2D eigenvalue weighted by atomic mass is 16.4. The van der Waals surface area contributed by atoms with Gasteiger partial charge in [-0.05, 0) is 35.2 Å². The van der Waals surface area contributed by atoms with Crippen molar-refractivity contribution in [2.45, 2.75) is 33.2 Å². The monoisotopic (exact) mass is 285 g/mol. The molecule has 0 radical (unpaired) electrons. The third kappa shape index (κ3) is 3.42. The van der Waals surface area contributed by atoms with Crippen molar-refractivity contribution < 1.29 is 9.90 Å². The lowest BCUT2D eigenvalue weighted by molar-refractivity contribution is -0.149. The highest BCUT2D eigenvalue weighted by molar-refractivity contribution is 5.83. The van der Waals surface area contributed by atoms with E-state index in [1.165, 1.54) is 16.3 Å². The number of hydrogen-bond acceptors (Lipinski definition) is 2. The Morgan fingerprint density at radius 3 is 2.38 bits per heavy atom. The number of carboxylic acid groups (broad SMARTS) is 1. The predicted molar refractivity (Wildman–Crippen MR) is 86.3 cm³/mol. The first-order valence-corrected chi connectivity index (χ1v) is 7.53. The molecule has 0 aliphatic carbocycles. The number of fused-ring (bicyclic) bond motifs is 1. The zero-order chi connectivity index (χ0) is 15.3. The molecule has 21 heavy (non-hydrogen) atoms. The van der Waals surface area contributed by atoms with Gasteiger partial charge in [-0.1, -0.05) is 50.2 Å². The second kappa shape index (κ2) is 6.72. The van der Waals surface area contributed by atoms with Gasteiger partial charge < -0.3 is 10.4 Å². The summed E-state index contributed by atoms with van der Waals surface area (Å²) < 4.78 is 0. The Labute approximate surface area is 126 Å². The van der Waals surface area contributed by atoms with Gasteiger partial charge in [0.25, 0.3) is 0 Å². The minimum Gasteiger partial charge on any atom is -0.481 e. The molecule has 0 aliphatic rings. The minimum absolute atomic E-state index is 0.502. The second-order valence-corrected chi connectivity index (χ2v) is 5.58. The Kier molecular flexibility index (Phi) is 4.97. The van der Waals surface area contributed by atoms with Gasteiger partial charge in [-0.3, -0.25) is 4.79 Å². The summed E-state index contributed by atoms with van der Waals surface area (Å²) in [5, 5.41) is 15.2. The maximum Gasteiger partial charge on any atom is 0.310 e. The molecule has 2 aromatic carbocycles. The lowest BCUT2D eigenvalue weighted by atomic mass is 9.82. The fourth-order valence-corrected chi connectivity index (χ4v) is 2.67. The minimum atomic E-state index is -0.710. The second-order valence-electron chi connectivity index (χ2n) is 5.58. The van der Waals surface area contributed by atoms with E-state index < -0.39 is 11.4 Å². The number of carboxylic acids is 1. The van der Waals surface area contributed by atoms with Crippen LogP contribution in [0.15, 0.2) is 42.5 Å². The molecule has 2 N–H and O–H groups in total. The van der Waals surface area contributed by atoms with Gasteiger partial charge in [0.15, 0.2) is 0 Å². The molecular weight excluding hydrogens is 262 g/mol. The van der Waals surface area contributed by atoms with Gasteiger partial charge in [0.05, 0.1) is 5.41 Å². The Balaban J connectivity index is 2.03. The molecule has 0 saturated carbocycles. The molecule has 0 saturated heterocycles. The van der Waals surface area contributed by atoms with E-state index in [1.807, 2.05) is 26.0 Å². The molecule has 0 heterocycles. The third-order valence-electron chi connectivity index (χ3n) is 4.41. The maximum absolute atomic E-state index is 11.5. The smallest absolute Gasteiger partial charge is 0.310 e. The van der Waals surface area contributed by atoms with E-state index in [0.29, 0.717) is 25.9 Å². The number of nitrogens with one attached hydrogen (secondary N) is 1. The van der Waals surface area contributed by atoms with Crippen LogP contribution in [0.5, 0.6) is 0 Å². The Bertz CT molecular complexity index is 617. The van der Waals surface area contributed by atoms with E-state index >= 15 is 0 Å². The fraction of sp³-hybridized carbons (Fsp3) is 0.389. The van der Waals surface area contributed by atoms with Crippen molar-refractivity contribution in [3.8, 4) is 0 Å². The predicted octanol–water partition coefficient (Wildman–Crippen LogP) is 3.82. The molecule has 3 heteroatoms. The van der Waals surface area contributed by atoms with Gasteiger partial charge in [-0.25, -0.2) is 0 Å². The topological polar surface area (TPSA) is 49.3 Å². The normalized spacial score (nSPS) is 11.7. The first-order chi connectivity index (χ1) is 10.1. The number of benzene rings is 2. The summed E-state index contributed by atoms with van der Waals surface area (Å²) in [6, 6.07) is 14.6. The van der Waals surface area contributed by atoms with Crippen LogP contribution >= 0.6 is 0 Å². The largest absolute Gasteiger partial charge is 0.481 e. The van der Waals surface area contributed by atoms with Gasteiger partial charge in [-0.15, -0.1) is 0 Å². The van der Waals surface area contributed by atoms with Crippen LogP contribution in [-0.4, -0.2) is 17.6 Å². The average molecular weight is 285 g/mol. The van der Waals surface area contributed by atoms with Crippen LogP contribution < -0.4 is 5.32 Å². The molecule has 112 valence electrons. The van der Waals surface area contributed by atoms with Crippen molar-refractivity contribution >= 4 is 16.7 Å². The first kappa shape index (κ1) is 15.5. The van der Waals surface area contributed by atoms with Gasteiger partial charge >= 0.3 is 5.97 Å². The molecular formula is C18H23NO2. The van der Waals surface area contributed by atoms with Crippen LogP contribution in [0.1, 0.15) is 32.3 Å². The third-order valence-corrected chi connectivity index (χ3v) is 4.41. The molecule has 0 aliphatic heterocycles. The average Bonchev–Trinajstić information content (AvgIpc) is 2.51. The van der Waals surface area contributed by atoms with E-state index in [2.05, 4.69) is 35.6 Å². The number of carbonyl (C=O) groups is 1. The number of hydrogen-bond donors (Lipinski definition) is 2. The molecule has 2 rings (SSSR count). The van der Waals surface area contributed by atoms with E-state index in [0.717, 1.165) is 0 Å². The quantitative estimate of drug-likeness (QED) is 0.813. The molecule has 3 nitrogen and oxygen atoms in total. The summed E-state index contributed by atoms with van der Waals surface area (Å²) in [7, 11) is 0. The maximum atomic E-state index is 11.5. The number of aliphatic carboxylic acids is 1. The Morgan fingerprint density at radius 1 is 1.10 bits per heavy atom. The lowest BCUT2D eigenvalue weighted by Gasteiger charge is -2.27. The standard InChI is InChI=1S/C18H23NO2/c1-3-18(4-2,17(20)21)13-19-12-14-9-10-15-7-5-6-8-16(15)11-14/h5-11,19H,3-4,12-13H2,1-2H3,(H,20,21). The highest BCUT2D eigenvalue weighted by Gasteiger charge is 2.34. The Morgan fingerprint density at radius 2 is 1.76 bits per heavy atom. The summed E-state index contributed by atoms with van der Waals surface area (Å²) in [5.74, 6) is -0.710. The summed E-state index contributed by atoms with van der Waals surface area (Å²) in [5.41, 5.74) is 0.525. The van der Waals surface area contributed by atoms with Crippen molar-refractivity contribution in [2.75, 3.05) is 6.54 Å². The van der Waals surface area contributed by atoms with Crippen molar-refractivity contribution in [3.63, 3.8) is 0 Å². The van der Waals surface area contributed by atoms with E-state index in [4.69, 9.17) is 0 Å². The summed E-state index contributed by atoms with van der Waals surface area (Å²) in [6.07, 6.45) is 1.28. The first-order valence-electron chi connectivity index (χ1n) is 7.53. The van der Waals surface area contributed by atoms with Crippen LogP contribution in [0.25, 0.3) is 10.8 Å². The van der Waals surface area contributed by atoms with Gasteiger partial charge in [0, 0.05) is 13.1 Å². The van der Waals surface area contributed by atoms with Gasteiger partial charge in [-0.2, -0.15) is 0 Å². The molecule has 0 atom stereocenters. The van der Waals surface area contributed by atoms with Crippen molar-refractivity contribution in [2.24, 2.45) is 5.41 Å². The van der Waals surface area contributed by atoms with Crippen LogP contribution in [0.3, 0.4) is 0 Å². The van der Waals surface area contributed by atoms with Crippen LogP contribution in [0.4, 0.5) is 0 Å². The van der Waals surface area contributed by atoms with Crippen molar-refractivity contribution in [1.82, 2.24) is 5.32 Å². The van der Waals surface area contributed by atoms with Gasteiger partial charge in [0.1, 0.15) is 0 Å². The summed E-state index contributed by atoms with van der Waals surface area (Å²) in [4.78, 5) is 11.5. The number of rotatable bonds is 7. The highest BCUT2D eigenvalue weighted by Crippen LogP contribution is 2.26. The van der Waals surface area contributed by atoms with Crippen LogP contribution in [0, 0.1) is 5.41 Å². The molecule has 0 aromatic heterocycles. The van der Waals surface area contributed by atoms with Crippen molar-refractivity contribution in [1.29, 1.82) is 0 Å². The van der Waals surface area contributed by atoms with Gasteiger partial charge in [0.2, 0.25) is 0 Å². The van der Waals surface area contributed by atoms with Crippen molar-refractivity contribution in [3.05, 3.63) is 48.0 Å². The summed E-state index contributed by atoms with van der Waals surface area (Å²) in [6.45, 7) is 5.08. The Hall–Kier alpha value is -1.87. The molecule has 0 amide bonds. The molecule has 0 unspecified atom stereocenters. The molecule has 2 aromatic rings. The van der Waals surface area contributed by atoms with E-state index in [1.54, 1.807) is 0 Å². The summed E-state index contributed by atoms with van der Waals surface area (Å²) >= 11 is 0. The van der Waals surface area contributed by atoms with E-state index in [-0.39, 0.29) is 0 Å². The lowest BCUT2D eigenvalue weighted by Crippen LogP contribution is -2.39. The molecule has 0 bridgehead atoms. The molecule has 0 fully saturated rings. The van der Waals surface area contributed by atoms with Crippen LogP contribution in [0.2, 0.25) is 0 Å².